The Morgan fingerprint density at radius 1 is 1.50 bits per heavy atom. The molecule has 0 aromatic carbocycles. The van der Waals surface area contributed by atoms with E-state index < -0.39 is 0 Å². The second-order valence-corrected chi connectivity index (χ2v) is 2.52. The lowest BCUT2D eigenvalue weighted by Crippen LogP contribution is -2.21. The van der Waals surface area contributed by atoms with E-state index in [2.05, 4.69) is 13.8 Å². The molecule has 0 radical (unpaired) electrons. The van der Waals surface area contributed by atoms with Crippen LogP contribution in [0, 0.1) is 5.92 Å². The van der Waals surface area contributed by atoms with Crippen LogP contribution in [0.1, 0.15) is 20.3 Å². The summed E-state index contributed by atoms with van der Waals surface area (Å²) in [7, 11) is 0. The molecule has 50 valence electrons. The Morgan fingerprint density at radius 3 is 2.12 bits per heavy atom. The fraction of sp³-hybridized carbons (Fsp3) is 1.00. The molecule has 0 bridgehead atoms. The molecule has 1 atom stereocenters. The van der Waals surface area contributed by atoms with Gasteiger partial charge < -0.3 is 10.8 Å². The summed E-state index contributed by atoms with van der Waals surface area (Å²) in [5, 5.41) is 8.90. The second kappa shape index (κ2) is 3.87. The van der Waals surface area contributed by atoms with Gasteiger partial charge in [0.15, 0.2) is 0 Å². The highest BCUT2D eigenvalue weighted by molar-refractivity contribution is 4.57. The number of nitrogens with two attached hydrogens (primary N) is 1. The summed E-state index contributed by atoms with van der Waals surface area (Å²) in [6.07, 6.45) is 0.520. The van der Waals surface area contributed by atoms with Gasteiger partial charge in [-0.25, -0.2) is 0 Å². The minimum Gasteiger partial charge on any atom is -0.392 e. The van der Waals surface area contributed by atoms with Crippen LogP contribution in [0.15, 0.2) is 0 Å². The molecule has 0 saturated heterocycles. The van der Waals surface area contributed by atoms with Crippen molar-refractivity contribution < 1.29 is 5.11 Å². The average Bonchev–Trinajstić information content (AvgIpc) is 1.65. The molecule has 0 fully saturated rings. The van der Waals surface area contributed by atoms with Gasteiger partial charge in [-0.15, -0.1) is 0 Å². The minimum absolute atomic E-state index is 0.296. The molecule has 0 rings (SSSR count). The molecule has 0 heterocycles. The topological polar surface area (TPSA) is 46.2 Å². The van der Waals surface area contributed by atoms with Crippen molar-refractivity contribution in [3.05, 3.63) is 0 Å². The summed E-state index contributed by atoms with van der Waals surface area (Å²) in [5.74, 6) is 0.550. The zero-order valence-corrected chi connectivity index (χ0v) is 5.59. The number of aliphatic hydroxyl groups excluding tert-OH is 1. The van der Waals surface area contributed by atoms with Crippen molar-refractivity contribution in [1.82, 2.24) is 0 Å². The molecule has 0 aromatic heterocycles. The Labute approximate surface area is 50.7 Å². The van der Waals surface area contributed by atoms with Gasteiger partial charge in [0.2, 0.25) is 0 Å². The van der Waals surface area contributed by atoms with Gasteiger partial charge in [-0.3, -0.25) is 0 Å². The Balaban J connectivity index is 3.10. The predicted octanol–water partition coefficient (Wildman–Crippen LogP) is 0.352. The Kier molecular flexibility index (Phi) is 3.83. The summed E-state index contributed by atoms with van der Waals surface area (Å²) in [6, 6.07) is 0. The summed E-state index contributed by atoms with van der Waals surface area (Å²) >= 11 is 0. The van der Waals surface area contributed by atoms with Gasteiger partial charge in [0, 0.05) is 6.54 Å². The van der Waals surface area contributed by atoms with Crippen molar-refractivity contribution in [2.24, 2.45) is 11.7 Å². The van der Waals surface area contributed by atoms with Crippen LogP contribution in [0.5, 0.6) is 0 Å². The lowest BCUT2D eigenvalue weighted by Gasteiger charge is -2.08. The van der Waals surface area contributed by atoms with E-state index in [1.807, 2.05) is 0 Å². The van der Waals surface area contributed by atoms with E-state index in [9.17, 15) is 0 Å². The molecule has 0 aliphatic rings. The summed E-state index contributed by atoms with van der Waals surface area (Å²) in [5.41, 5.74) is 5.17. The van der Waals surface area contributed by atoms with E-state index in [0.717, 1.165) is 6.42 Å². The fourth-order valence-corrected chi connectivity index (χ4v) is 0.640. The molecule has 0 unspecified atom stereocenters. The van der Waals surface area contributed by atoms with Crippen molar-refractivity contribution in [3.8, 4) is 0 Å². The van der Waals surface area contributed by atoms with Crippen LogP contribution < -0.4 is 5.73 Å². The summed E-state index contributed by atoms with van der Waals surface area (Å²) < 4.78 is 0. The minimum atomic E-state index is -0.296. The van der Waals surface area contributed by atoms with E-state index in [0.29, 0.717) is 12.5 Å². The zero-order valence-electron chi connectivity index (χ0n) is 5.59. The van der Waals surface area contributed by atoms with Gasteiger partial charge in [0.05, 0.1) is 6.10 Å². The molecule has 8 heavy (non-hydrogen) atoms. The number of hydrogen-bond donors (Lipinski definition) is 2. The lowest BCUT2D eigenvalue weighted by molar-refractivity contribution is 0.157. The first-order valence-electron chi connectivity index (χ1n) is 3.05. The summed E-state index contributed by atoms with van der Waals surface area (Å²) in [4.78, 5) is 0. The maximum Gasteiger partial charge on any atom is 0.0664 e. The first-order chi connectivity index (χ1) is 3.66. The van der Waals surface area contributed by atoms with Crippen LogP contribution in [0.3, 0.4) is 0 Å². The van der Waals surface area contributed by atoms with Gasteiger partial charge in [-0.05, 0) is 12.3 Å². The van der Waals surface area contributed by atoms with Gasteiger partial charge in [-0.1, -0.05) is 13.8 Å². The van der Waals surface area contributed by atoms with Crippen molar-refractivity contribution in [1.29, 1.82) is 0 Å². The SMILES string of the molecule is CC(C)C[C@H](O)CN. The monoisotopic (exact) mass is 117 g/mol. The Hall–Kier alpha value is -0.0800. The van der Waals surface area contributed by atoms with Crippen molar-refractivity contribution in [3.63, 3.8) is 0 Å². The standard InChI is InChI=1S/C6H15NO/c1-5(2)3-6(8)4-7/h5-6,8H,3-4,7H2,1-2H3/t6-/m0/s1. The second-order valence-electron chi connectivity index (χ2n) is 2.52. The number of rotatable bonds is 3. The fourth-order valence-electron chi connectivity index (χ4n) is 0.640. The van der Waals surface area contributed by atoms with E-state index in [1.54, 1.807) is 0 Å². The van der Waals surface area contributed by atoms with Crippen molar-refractivity contribution in [2.45, 2.75) is 26.4 Å². The quantitative estimate of drug-likeness (QED) is 0.560. The molecule has 0 aliphatic heterocycles. The maximum atomic E-state index is 8.90. The van der Waals surface area contributed by atoms with Crippen LogP contribution in [-0.2, 0) is 0 Å². The molecule has 3 N–H and O–H groups in total. The van der Waals surface area contributed by atoms with Crippen molar-refractivity contribution >= 4 is 0 Å². The summed E-state index contributed by atoms with van der Waals surface area (Å²) in [6.45, 7) is 4.52. The lowest BCUT2D eigenvalue weighted by atomic mass is 10.1. The molecule has 0 spiro atoms. The predicted molar refractivity (Wildman–Crippen MR) is 34.5 cm³/mol. The van der Waals surface area contributed by atoms with Crippen LogP contribution in [-0.4, -0.2) is 17.8 Å². The third kappa shape index (κ3) is 4.09. The maximum absolute atomic E-state index is 8.90. The first kappa shape index (κ1) is 7.92. The molecule has 0 aliphatic carbocycles. The zero-order chi connectivity index (χ0) is 6.57. The smallest absolute Gasteiger partial charge is 0.0664 e. The number of hydrogen-bond acceptors (Lipinski definition) is 2. The Morgan fingerprint density at radius 2 is 2.00 bits per heavy atom. The highest BCUT2D eigenvalue weighted by Crippen LogP contribution is 2.01. The third-order valence-electron chi connectivity index (χ3n) is 1.02. The molecule has 0 amide bonds. The van der Waals surface area contributed by atoms with Gasteiger partial charge >= 0.3 is 0 Å². The molecular weight excluding hydrogens is 102 g/mol. The normalized spacial score (nSPS) is 14.6. The van der Waals surface area contributed by atoms with E-state index in [-0.39, 0.29) is 6.10 Å². The molecule has 0 saturated carbocycles. The molecule has 0 aromatic rings. The van der Waals surface area contributed by atoms with Crippen LogP contribution in [0.2, 0.25) is 0 Å². The first-order valence-corrected chi connectivity index (χ1v) is 3.05. The average molecular weight is 117 g/mol. The van der Waals surface area contributed by atoms with Gasteiger partial charge in [-0.2, -0.15) is 0 Å². The van der Waals surface area contributed by atoms with Crippen LogP contribution >= 0.6 is 0 Å². The third-order valence-corrected chi connectivity index (χ3v) is 1.02. The highest BCUT2D eigenvalue weighted by Gasteiger charge is 2.02. The van der Waals surface area contributed by atoms with Crippen molar-refractivity contribution in [2.75, 3.05) is 6.54 Å². The molecule has 2 nitrogen and oxygen atoms in total. The highest BCUT2D eigenvalue weighted by atomic mass is 16.3. The van der Waals surface area contributed by atoms with E-state index in [4.69, 9.17) is 10.8 Å². The van der Waals surface area contributed by atoms with E-state index in [1.165, 1.54) is 0 Å². The van der Waals surface area contributed by atoms with E-state index >= 15 is 0 Å². The van der Waals surface area contributed by atoms with Gasteiger partial charge in [0.25, 0.3) is 0 Å². The van der Waals surface area contributed by atoms with Crippen LogP contribution in [0.25, 0.3) is 0 Å². The molecular formula is C6H15NO. The largest absolute Gasteiger partial charge is 0.392 e. The number of aliphatic hydroxyl groups is 1. The molecule has 2 heteroatoms. The van der Waals surface area contributed by atoms with Crippen LogP contribution in [0.4, 0.5) is 0 Å². The Bertz CT molecular complexity index is 54.5. The van der Waals surface area contributed by atoms with Gasteiger partial charge in [0.1, 0.15) is 0 Å².